The van der Waals surface area contributed by atoms with Gasteiger partial charge in [-0.3, -0.25) is 0 Å². The Bertz CT molecular complexity index is 614. The first-order chi connectivity index (χ1) is 11.3. The predicted octanol–water partition coefficient (Wildman–Crippen LogP) is 3.52. The Morgan fingerprint density at radius 2 is 1.83 bits per heavy atom. The molecule has 0 aromatic heterocycles. The zero-order chi connectivity index (χ0) is 16.1. The minimum atomic E-state index is 0.356. The van der Waals surface area contributed by atoms with Gasteiger partial charge in [-0.2, -0.15) is 0 Å². The molecule has 3 heteroatoms. The second-order valence-electron chi connectivity index (χ2n) is 6.33. The summed E-state index contributed by atoms with van der Waals surface area (Å²) in [6, 6.07) is 19.7. The van der Waals surface area contributed by atoms with E-state index in [-0.39, 0.29) is 0 Å². The first-order valence-corrected chi connectivity index (χ1v) is 8.43. The molecule has 0 spiro atoms. The van der Waals surface area contributed by atoms with Crippen molar-refractivity contribution in [1.29, 1.82) is 0 Å². The first kappa shape index (κ1) is 16.0. The highest BCUT2D eigenvalue weighted by Gasteiger charge is 2.31. The molecule has 0 aliphatic carbocycles. The van der Waals surface area contributed by atoms with Crippen LogP contribution in [0.3, 0.4) is 0 Å². The van der Waals surface area contributed by atoms with Gasteiger partial charge in [0.25, 0.3) is 0 Å². The van der Waals surface area contributed by atoms with Crippen molar-refractivity contribution in [3.8, 4) is 5.75 Å². The number of para-hydroxylation sites is 1. The summed E-state index contributed by atoms with van der Waals surface area (Å²) in [5.74, 6) is 1.59. The van der Waals surface area contributed by atoms with Crippen molar-refractivity contribution in [2.24, 2.45) is 5.92 Å². The molecule has 2 aromatic rings. The van der Waals surface area contributed by atoms with Gasteiger partial charge in [0.05, 0.1) is 7.11 Å². The Kier molecular flexibility index (Phi) is 5.31. The van der Waals surface area contributed by atoms with Crippen LogP contribution < -0.4 is 15.4 Å². The minimum absolute atomic E-state index is 0.356. The standard InChI is InChI=1S/C20H26N2O/c1-15-12-13-21-20(16-8-4-3-5-9-16)19(15)22-14-17-10-6-7-11-18(17)23-2/h3-11,15,19-22H,12-14H2,1-2H3/t15?,19-,20-/m1/s1. The Morgan fingerprint density at radius 3 is 2.61 bits per heavy atom. The van der Waals surface area contributed by atoms with Crippen LogP contribution in [0.25, 0.3) is 0 Å². The highest BCUT2D eigenvalue weighted by molar-refractivity contribution is 5.33. The third-order valence-electron chi connectivity index (χ3n) is 4.82. The summed E-state index contributed by atoms with van der Waals surface area (Å²) in [6.45, 7) is 4.24. The van der Waals surface area contributed by atoms with Crippen LogP contribution >= 0.6 is 0 Å². The zero-order valence-corrected chi connectivity index (χ0v) is 14.0. The number of nitrogens with one attached hydrogen (secondary N) is 2. The van der Waals surface area contributed by atoms with E-state index in [0.717, 1.165) is 18.8 Å². The normalized spacial score (nSPS) is 24.3. The molecule has 0 amide bonds. The molecule has 2 N–H and O–H groups in total. The molecule has 3 rings (SSSR count). The van der Waals surface area contributed by atoms with Gasteiger partial charge in [-0.15, -0.1) is 0 Å². The molecule has 122 valence electrons. The van der Waals surface area contributed by atoms with E-state index in [2.05, 4.69) is 60.0 Å². The van der Waals surface area contributed by atoms with Crippen molar-refractivity contribution in [2.75, 3.05) is 13.7 Å². The molecule has 1 heterocycles. The molecule has 23 heavy (non-hydrogen) atoms. The quantitative estimate of drug-likeness (QED) is 0.886. The highest BCUT2D eigenvalue weighted by atomic mass is 16.5. The van der Waals surface area contributed by atoms with Crippen LogP contribution in [0.4, 0.5) is 0 Å². The van der Waals surface area contributed by atoms with Gasteiger partial charge in [0.2, 0.25) is 0 Å². The van der Waals surface area contributed by atoms with E-state index < -0.39 is 0 Å². The summed E-state index contributed by atoms with van der Waals surface area (Å²) < 4.78 is 5.47. The van der Waals surface area contributed by atoms with Crippen LogP contribution in [-0.2, 0) is 6.54 Å². The highest BCUT2D eigenvalue weighted by Crippen LogP contribution is 2.28. The van der Waals surface area contributed by atoms with Crippen molar-refractivity contribution < 1.29 is 4.74 Å². The van der Waals surface area contributed by atoms with Gasteiger partial charge in [0.1, 0.15) is 5.75 Å². The maximum atomic E-state index is 5.47. The summed E-state index contributed by atoms with van der Waals surface area (Å²) in [5, 5.41) is 7.46. The summed E-state index contributed by atoms with van der Waals surface area (Å²) >= 11 is 0. The maximum absolute atomic E-state index is 5.47. The summed E-state index contributed by atoms with van der Waals surface area (Å²) in [6.07, 6.45) is 1.20. The maximum Gasteiger partial charge on any atom is 0.123 e. The van der Waals surface area contributed by atoms with E-state index in [0.29, 0.717) is 18.0 Å². The van der Waals surface area contributed by atoms with Gasteiger partial charge in [-0.25, -0.2) is 0 Å². The molecule has 1 unspecified atom stereocenters. The lowest BCUT2D eigenvalue weighted by Gasteiger charge is -2.38. The van der Waals surface area contributed by atoms with Gasteiger partial charge >= 0.3 is 0 Å². The molecule has 1 aliphatic heterocycles. The van der Waals surface area contributed by atoms with E-state index in [4.69, 9.17) is 4.74 Å². The van der Waals surface area contributed by atoms with Crippen LogP contribution in [0.15, 0.2) is 54.6 Å². The zero-order valence-electron chi connectivity index (χ0n) is 14.0. The van der Waals surface area contributed by atoms with Gasteiger partial charge in [-0.1, -0.05) is 55.5 Å². The van der Waals surface area contributed by atoms with Crippen LogP contribution in [0.2, 0.25) is 0 Å². The van der Waals surface area contributed by atoms with Crippen molar-refractivity contribution in [3.05, 3.63) is 65.7 Å². The van der Waals surface area contributed by atoms with Crippen LogP contribution in [0.1, 0.15) is 30.5 Å². The second kappa shape index (κ2) is 7.62. The average Bonchev–Trinajstić information content (AvgIpc) is 2.61. The molecule has 3 atom stereocenters. The molecule has 0 saturated carbocycles. The fourth-order valence-corrected chi connectivity index (χ4v) is 3.48. The average molecular weight is 310 g/mol. The lowest BCUT2D eigenvalue weighted by Crippen LogP contribution is -2.50. The van der Waals surface area contributed by atoms with Crippen LogP contribution in [0, 0.1) is 5.92 Å². The molecule has 1 aliphatic rings. The third-order valence-corrected chi connectivity index (χ3v) is 4.82. The lowest BCUT2D eigenvalue weighted by atomic mass is 9.84. The topological polar surface area (TPSA) is 33.3 Å². The second-order valence-corrected chi connectivity index (χ2v) is 6.33. The van der Waals surface area contributed by atoms with Gasteiger partial charge < -0.3 is 15.4 Å². The smallest absolute Gasteiger partial charge is 0.123 e. The van der Waals surface area contributed by atoms with E-state index in [1.54, 1.807) is 7.11 Å². The molecular formula is C20H26N2O. The summed E-state index contributed by atoms with van der Waals surface area (Å²) in [5.41, 5.74) is 2.57. The Balaban J connectivity index is 1.75. The fourth-order valence-electron chi connectivity index (χ4n) is 3.48. The van der Waals surface area contributed by atoms with Crippen LogP contribution in [-0.4, -0.2) is 19.7 Å². The molecule has 3 nitrogen and oxygen atoms in total. The SMILES string of the molecule is COc1ccccc1CN[C@@H]1C(C)CCN[C@@H]1c1ccccc1. The molecule has 0 radical (unpaired) electrons. The summed E-state index contributed by atoms with van der Waals surface area (Å²) in [7, 11) is 1.73. The van der Waals surface area contributed by atoms with Crippen molar-refractivity contribution in [1.82, 2.24) is 10.6 Å². The molecular weight excluding hydrogens is 284 g/mol. The van der Waals surface area contributed by atoms with Gasteiger partial charge in [-0.05, 0) is 30.5 Å². The monoisotopic (exact) mass is 310 g/mol. The number of ether oxygens (including phenoxy) is 1. The number of benzene rings is 2. The Labute approximate surface area is 139 Å². The van der Waals surface area contributed by atoms with Gasteiger partial charge in [0, 0.05) is 24.2 Å². The third kappa shape index (κ3) is 3.74. The van der Waals surface area contributed by atoms with E-state index in [9.17, 15) is 0 Å². The van der Waals surface area contributed by atoms with Crippen molar-refractivity contribution in [3.63, 3.8) is 0 Å². The number of hydrogen-bond donors (Lipinski definition) is 2. The molecule has 0 bridgehead atoms. The van der Waals surface area contributed by atoms with E-state index >= 15 is 0 Å². The number of methoxy groups -OCH3 is 1. The van der Waals surface area contributed by atoms with E-state index in [1.165, 1.54) is 17.5 Å². The molecule has 1 fully saturated rings. The molecule has 1 saturated heterocycles. The number of hydrogen-bond acceptors (Lipinski definition) is 3. The lowest BCUT2D eigenvalue weighted by molar-refractivity contribution is 0.229. The minimum Gasteiger partial charge on any atom is -0.496 e. The number of piperidine rings is 1. The Morgan fingerprint density at radius 1 is 1.09 bits per heavy atom. The van der Waals surface area contributed by atoms with E-state index in [1.807, 2.05) is 12.1 Å². The van der Waals surface area contributed by atoms with Gasteiger partial charge in [0.15, 0.2) is 0 Å². The van der Waals surface area contributed by atoms with Crippen molar-refractivity contribution in [2.45, 2.75) is 32.0 Å². The predicted molar refractivity (Wildman–Crippen MR) is 94.6 cm³/mol. The summed E-state index contributed by atoms with van der Waals surface area (Å²) in [4.78, 5) is 0. The van der Waals surface area contributed by atoms with Crippen LogP contribution in [0.5, 0.6) is 5.75 Å². The Hall–Kier alpha value is -1.84. The number of rotatable bonds is 5. The first-order valence-electron chi connectivity index (χ1n) is 8.43. The fraction of sp³-hybridized carbons (Fsp3) is 0.400. The molecule has 2 aromatic carbocycles. The van der Waals surface area contributed by atoms with Crippen molar-refractivity contribution >= 4 is 0 Å². The largest absolute Gasteiger partial charge is 0.496 e.